The van der Waals surface area contributed by atoms with Gasteiger partial charge in [-0.1, -0.05) is 6.92 Å². The van der Waals surface area contributed by atoms with Crippen molar-refractivity contribution in [1.29, 1.82) is 0 Å². The fourth-order valence-corrected chi connectivity index (χ4v) is 10.9. The van der Waals surface area contributed by atoms with Gasteiger partial charge in [0.05, 0.1) is 30.5 Å². The van der Waals surface area contributed by atoms with Crippen LogP contribution in [0.2, 0.25) is 0 Å². The second-order valence-electron chi connectivity index (χ2n) is 11.3. The van der Waals surface area contributed by atoms with E-state index in [1.165, 1.54) is 6.42 Å². The number of aliphatic hydroxyl groups is 2. The zero-order chi connectivity index (χ0) is 19.9. The number of methoxy groups -OCH3 is 2. The molecule has 5 aliphatic carbocycles. The largest absolute Gasteiger partial charge is 0.392 e. The van der Waals surface area contributed by atoms with Crippen molar-refractivity contribution in [2.75, 3.05) is 27.4 Å². The molecule has 6 nitrogen and oxygen atoms in total. The van der Waals surface area contributed by atoms with Gasteiger partial charge in [-0.25, -0.2) is 0 Å². The lowest BCUT2D eigenvalue weighted by Crippen LogP contribution is -2.83. The molecule has 9 aliphatic rings. The van der Waals surface area contributed by atoms with Crippen LogP contribution in [0, 0.1) is 40.4 Å². The highest BCUT2D eigenvalue weighted by Gasteiger charge is 2.87. The van der Waals surface area contributed by atoms with Crippen molar-refractivity contribution >= 4 is 0 Å². The van der Waals surface area contributed by atoms with Crippen LogP contribution in [0.3, 0.4) is 0 Å². The lowest BCUT2D eigenvalue weighted by molar-refractivity contribution is -0.399. The predicted molar refractivity (Wildman–Crippen MR) is 104 cm³/mol. The van der Waals surface area contributed by atoms with Crippen molar-refractivity contribution < 1.29 is 24.4 Å². The van der Waals surface area contributed by atoms with Crippen LogP contribution in [-0.4, -0.2) is 78.7 Å². The smallest absolute Gasteiger partial charge is 0.119 e. The molecule has 4 aliphatic heterocycles. The number of rotatable bonds is 4. The summed E-state index contributed by atoms with van der Waals surface area (Å²) in [6.45, 7) is 3.94. The Bertz CT molecular complexity index is 745. The molecule has 9 bridgehead atoms. The van der Waals surface area contributed by atoms with Gasteiger partial charge in [-0.2, -0.15) is 0 Å². The van der Waals surface area contributed by atoms with E-state index in [1.54, 1.807) is 7.11 Å². The molecule has 13 atom stereocenters. The first-order valence-electron chi connectivity index (χ1n) is 11.8. The van der Waals surface area contributed by atoms with Crippen molar-refractivity contribution in [2.45, 2.75) is 75.2 Å². The average molecular weight is 406 g/mol. The lowest BCUT2D eigenvalue weighted by Gasteiger charge is -2.76. The Kier molecular flexibility index (Phi) is 3.41. The molecule has 6 heteroatoms. The minimum atomic E-state index is -0.825. The molecule has 9 rings (SSSR count). The molecule has 0 aromatic rings. The third kappa shape index (κ3) is 1.62. The van der Waals surface area contributed by atoms with E-state index in [0.717, 1.165) is 32.4 Å². The number of fused-ring (bicyclic) bond motifs is 3. The van der Waals surface area contributed by atoms with E-state index in [2.05, 4.69) is 11.8 Å². The Hall–Kier alpha value is -0.240. The summed E-state index contributed by atoms with van der Waals surface area (Å²) in [5.41, 5.74) is -0.737. The first-order valence-corrected chi connectivity index (χ1v) is 11.8. The Morgan fingerprint density at radius 3 is 2.76 bits per heavy atom. The van der Waals surface area contributed by atoms with E-state index in [-0.39, 0.29) is 47.0 Å². The van der Waals surface area contributed by atoms with Crippen molar-refractivity contribution in [3.63, 3.8) is 0 Å². The molecule has 1 spiro atoms. The molecule has 2 unspecified atom stereocenters. The molecule has 2 N–H and O–H groups in total. The van der Waals surface area contributed by atoms with Crippen molar-refractivity contribution in [3.8, 4) is 0 Å². The predicted octanol–water partition coefficient (Wildman–Crippen LogP) is 1.24. The molecule has 0 radical (unpaired) electrons. The van der Waals surface area contributed by atoms with Crippen LogP contribution in [0.15, 0.2) is 0 Å². The van der Waals surface area contributed by atoms with E-state index >= 15 is 0 Å². The summed E-state index contributed by atoms with van der Waals surface area (Å²) in [5, 5.41) is 23.7. The fourth-order valence-electron chi connectivity index (χ4n) is 10.9. The molecule has 0 aromatic carbocycles. The van der Waals surface area contributed by atoms with Gasteiger partial charge in [0.1, 0.15) is 6.23 Å². The van der Waals surface area contributed by atoms with Crippen LogP contribution >= 0.6 is 0 Å². The minimum Gasteiger partial charge on any atom is -0.392 e. The summed E-state index contributed by atoms with van der Waals surface area (Å²) in [7, 11) is 3.58. The van der Waals surface area contributed by atoms with E-state index in [9.17, 15) is 10.2 Å². The van der Waals surface area contributed by atoms with Crippen LogP contribution in [0.1, 0.15) is 39.0 Å². The lowest BCUT2D eigenvalue weighted by atomic mass is 9.41. The molecular weight excluding hydrogens is 370 g/mol. The maximum absolute atomic E-state index is 12.3. The summed E-state index contributed by atoms with van der Waals surface area (Å²) in [6, 6.07) is 0.374. The molecule has 5 saturated carbocycles. The zero-order valence-electron chi connectivity index (χ0n) is 17.8. The maximum Gasteiger partial charge on any atom is 0.119 e. The second kappa shape index (κ2) is 5.38. The molecule has 29 heavy (non-hydrogen) atoms. The van der Waals surface area contributed by atoms with Crippen LogP contribution in [0.4, 0.5) is 0 Å². The number of hydrogen-bond donors (Lipinski definition) is 2. The topological polar surface area (TPSA) is 71.4 Å². The first kappa shape index (κ1) is 18.3. The van der Waals surface area contributed by atoms with E-state index < -0.39 is 11.7 Å². The molecule has 4 heterocycles. The highest BCUT2D eigenvalue weighted by Crippen LogP contribution is 2.82. The fraction of sp³-hybridized carbons (Fsp3) is 1.00. The monoisotopic (exact) mass is 405 g/mol. The highest BCUT2D eigenvalue weighted by molar-refractivity contribution is 5.35. The number of nitrogens with zero attached hydrogens (tertiary/aromatic N) is 1. The third-order valence-electron chi connectivity index (χ3n) is 11.3. The minimum absolute atomic E-state index is 0.0250. The van der Waals surface area contributed by atoms with Crippen LogP contribution in [0.25, 0.3) is 0 Å². The summed E-state index contributed by atoms with van der Waals surface area (Å²) in [6.07, 6.45) is 4.88. The number of piperidine rings is 1. The summed E-state index contributed by atoms with van der Waals surface area (Å²) >= 11 is 0. The van der Waals surface area contributed by atoms with Gasteiger partial charge in [0.2, 0.25) is 0 Å². The van der Waals surface area contributed by atoms with E-state index in [4.69, 9.17) is 14.2 Å². The first-order chi connectivity index (χ1) is 14.0. The number of ether oxygens (including phenoxy) is 3. The Morgan fingerprint density at radius 2 is 2.03 bits per heavy atom. The average Bonchev–Trinajstić information content (AvgIpc) is 3.17. The van der Waals surface area contributed by atoms with Crippen molar-refractivity contribution in [3.05, 3.63) is 0 Å². The molecular formula is C23H35NO5. The molecule has 0 amide bonds. The van der Waals surface area contributed by atoms with Gasteiger partial charge >= 0.3 is 0 Å². The van der Waals surface area contributed by atoms with Crippen molar-refractivity contribution in [2.24, 2.45) is 40.4 Å². The van der Waals surface area contributed by atoms with Gasteiger partial charge in [-0.3, -0.25) is 4.90 Å². The molecule has 162 valence electrons. The van der Waals surface area contributed by atoms with E-state index in [0.29, 0.717) is 24.3 Å². The normalized spacial score (nSPS) is 66.1. The maximum atomic E-state index is 12.3. The van der Waals surface area contributed by atoms with Gasteiger partial charge in [-0.15, -0.1) is 0 Å². The number of hydrogen-bond acceptors (Lipinski definition) is 6. The van der Waals surface area contributed by atoms with Crippen molar-refractivity contribution in [1.82, 2.24) is 4.90 Å². The highest BCUT2D eigenvalue weighted by atomic mass is 16.5. The second-order valence-corrected chi connectivity index (χ2v) is 11.3. The van der Waals surface area contributed by atoms with Gasteiger partial charge in [-0.05, 0) is 44.1 Å². The van der Waals surface area contributed by atoms with Crippen LogP contribution < -0.4 is 0 Å². The standard InChI is InChI=1S/C23H35NO5/c1-4-24-19-13-8-15-21(10-27-2)6-5-16(29-20(21)24)23(15,19)12-7-11-14(28-3)9-22(13,26)17(12)18(11)25/h11-20,25-26H,4-10H2,1-3H3/t11-,12-,13+,14+,15-,16+,17-,18+,19?,20?,21+,22+,23-/m1/s1. The summed E-state index contributed by atoms with van der Waals surface area (Å²) in [5.74, 6) is 1.18. The Balaban J connectivity index is 1.47. The summed E-state index contributed by atoms with van der Waals surface area (Å²) in [4.78, 5) is 2.61. The summed E-state index contributed by atoms with van der Waals surface area (Å²) < 4.78 is 18.6. The third-order valence-corrected chi connectivity index (χ3v) is 11.3. The zero-order valence-corrected chi connectivity index (χ0v) is 17.8. The quantitative estimate of drug-likeness (QED) is 0.733. The Labute approximate surface area is 172 Å². The van der Waals surface area contributed by atoms with Gasteiger partial charge in [0, 0.05) is 55.3 Å². The van der Waals surface area contributed by atoms with Gasteiger partial charge < -0.3 is 24.4 Å². The molecule has 4 saturated heterocycles. The number of aliphatic hydroxyl groups excluding tert-OH is 1. The van der Waals surface area contributed by atoms with E-state index in [1.807, 2.05) is 7.11 Å². The van der Waals surface area contributed by atoms with Crippen LogP contribution in [0.5, 0.6) is 0 Å². The van der Waals surface area contributed by atoms with Crippen LogP contribution in [-0.2, 0) is 14.2 Å². The molecule has 0 aromatic heterocycles. The SMILES string of the molecule is CCN1C2O[C@H]3CC[C@]2(COC)[C@H]2C[C@H]4C1[C@@]32[C@@H]1C[C@H]2[C@H](O)[C@@H]1[C@]4(O)C[C@@H]2OC. The van der Waals surface area contributed by atoms with Gasteiger partial charge in [0.15, 0.2) is 0 Å². The molecule has 9 fully saturated rings. The van der Waals surface area contributed by atoms with Gasteiger partial charge in [0.25, 0.3) is 0 Å². The Morgan fingerprint density at radius 1 is 1.21 bits per heavy atom.